The van der Waals surface area contributed by atoms with Crippen LogP contribution in [0.15, 0.2) is 35.9 Å². The molecule has 0 fully saturated rings. The van der Waals surface area contributed by atoms with E-state index < -0.39 is 0 Å². The van der Waals surface area contributed by atoms with Crippen molar-refractivity contribution in [2.24, 2.45) is 0 Å². The highest BCUT2D eigenvalue weighted by Crippen LogP contribution is 2.21. The summed E-state index contributed by atoms with van der Waals surface area (Å²) in [5.74, 6) is 0.829. The summed E-state index contributed by atoms with van der Waals surface area (Å²) in [7, 11) is 0. The molecule has 0 aromatic carbocycles. The number of hydrogen-bond donors (Lipinski definition) is 1. The van der Waals surface area contributed by atoms with E-state index in [1.807, 2.05) is 17.5 Å². The first kappa shape index (κ1) is 13.0. The Morgan fingerprint density at radius 2 is 2.09 bits per heavy atom. The van der Waals surface area contributed by atoms with Crippen molar-refractivity contribution in [3.8, 4) is 10.8 Å². The maximum absolute atomic E-state index is 12.4. The van der Waals surface area contributed by atoms with Crippen LogP contribution in [0.25, 0.3) is 16.5 Å². The minimum atomic E-state index is -0.0574. The van der Waals surface area contributed by atoms with Gasteiger partial charge in [0.05, 0.1) is 0 Å². The molecule has 22 heavy (non-hydrogen) atoms. The second kappa shape index (κ2) is 4.92. The molecule has 0 saturated carbocycles. The van der Waals surface area contributed by atoms with Gasteiger partial charge in [0.25, 0.3) is 5.91 Å². The van der Waals surface area contributed by atoms with Gasteiger partial charge >= 0.3 is 0 Å². The molecule has 4 heterocycles. The summed E-state index contributed by atoms with van der Waals surface area (Å²) in [4.78, 5) is 22.8. The van der Waals surface area contributed by atoms with Crippen LogP contribution in [0, 0.1) is 0 Å². The molecule has 0 radical (unpaired) electrons. The smallest absolute Gasteiger partial charge is 0.254 e. The van der Waals surface area contributed by atoms with Gasteiger partial charge in [0.15, 0.2) is 10.7 Å². The second-order valence-electron chi connectivity index (χ2n) is 4.89. The minimum Gasteiger partial charge on any atom is -0.384 e. The van der Waals surface area contributed by atoms with Crippen molar-refractivity contribution >= 4 is 28.7 Å². The monoisotopic (exact) mass is 312 g/mol. The van der Waals surface area contributed by atoms with E-state index in [9.17, 15) is 4.79 Å². The maximum Gasteiger partial charge on any atom is 0.254 e. The predicted molar refractivity (Wildman–Crippen MR) is 83.6 cm³/mol. The summed E-state index contributed by atoms with van der Waals surface area (Å²) in [6.07, 6.45) is 5.64. The van der Waals surface area contributed by atoms with Crippen molar-refractivity contribution in [3.05, 3.63) is 41.4 Å². The summed E-state index contributed by atoms with van der Waals surface area (Å²) in [6, 6.07) is 3.34. The van der Waals surface area contributed by atoms with E-state index in [0.717, 1.165) is 5.01 Å². The Balaban J connectivity index is 1.77. The van der Waals surface area contributed by atoms with Gasteiger partial charge in [0.1, 0.15) is 5.82 Å². The number of rotatable bonds is 2. The van der Waals surface area contributed by atoms with E-state index in [0.29, 0.717) is 35.9 Å². The fourth-order valence-electron chi connectivity index (χ4n) is 2.38. The third kappa shape index (κ3) is 2.04. The first-order chi connectivity index (χ1) is 10.7. The molecule has 0 atom stereocenters. The standard InChI is InChI=1S/C14H12N6OS/c15-10-7-9(14(21)19-4-1-2-5-19)8-11-17-12(18-20(10)11)13-16-3-6-22-13/h1-3,6-8H,4-5,15H2. The predicted octanol–water partition coefficient (Wildman–Crippen LogP) is 1.45. The number of hydrogen-bond acceptors (Lipinski definition) is 6. The zero-order chi connectivity index (χ0) is 15.1. The molecule has 0 unspecified atom stereocenters. The van der Waals surface area contributed by atoms with Crippen LogP contribution in [0.5, 0.6) is 0 Å². The molecule has 1 aliphatic heterocycles. The quantitative estimate of drug-likeness (QED) is 0.723. The number of carbonyl (C=O) groups is 1. The lowest BCUT2D eigenvalue weighted by molar-refractivity contribution is 0.0800. The van der Waals surface area contributed by atoms with Crippen LogP contribution in [0.4, 0.5) is 5.82 Å². The number of fused-ring (bicyclic) bond motifs is 1. The molecule has 8 heteroatoms. The van der Waals surface area contributed by atoms with Crippen LogP contribution in [0.3, 0.4) is 0 Å². The van der Waals surface area contributed by atoms with Gasteiger partial charge in [0.2, 0.25) is 5.82 Å². The highest BCUT2D eigenvalue weighted by molar-refractivity contribution is 7.13. The van der Waals surface area contributed by atoms with Crippen LogP contribution >= 0.6 is 11.3 Å². The molecule has 2 N–H and O–H groups in total. The number of amides is 1. The first-order valence-electron chi connectivity index (χ1n) is 6.73. The van der Waals surface area contributed by atoms with Gasteiger partial charge < -0.3 is 10.6 Å². The summed E-state index contributed by atoms with van der Waals surface area (Å²) < 4.78 is 1.52. The number of nitrogen functional groups attached to an aromatic ring is 1. The van der Waals surface area contributed by atoms with Gasteiger partial charge in [-0.25, -0.2) is 9.97 Å². The van der Waals surface area contributed by atoms with Crippen LogP contribution in [-0.4, -0.2) is 43.5 Å². The van der Waals surface area contributed by atoms with Crippen molar-refractivity contribution in [2.75, 3.05) is 18.8 Å². The Labute approximate surface area is 129 Å². The Morgan fingerprint density at radius 3 is 2.82 bits per heavy atom. The van der Waals surface area contributed by atoms with E-state index in [2.05, 4.69) is 15.1 Å². The SMILES string of the molecule is Nc1cc(C(=O)N2CC=CC2)cc2nc(-c3nccs3)nn12. The molecule has 110 valence electrons. The molecule has 3 aromatic heterocycles. The molecule has 7 nitrogen and oxygen atoms in total. The second-order valence-corrected chi connectivity index (χ2v) is 5.79. The van der Waals surface area contributed by atoms with E-state index in [4.69, 9.17) is 5.73 Å². The number of thiazole rings is 1. The number of nitrogens with zero attached hydrogens (tertiary/aromatic N) is 5. The molecule has 0 bridgehead atoms. The summed E-state index contributed by atoms with van der Waals surface area (Å²) in [6.45, 7) is 1.25. The van der Waals surface area contributed by atoms with Gasteiger partial charge in [-0.15, -0.1) is 16.4 Å². The Morgan fingerprint density at radius 1 is 1.27 bits per heavy atom. The molecule has 1 amide bonds. The Hall–Kier alpha value is -2.74. The molecule has 0 spiro atoms. The highest BCUT2D eigenvalue weighted by atomic mass is 32.1. The lowest BCUT2D eigenvalue weighted by Crippen LogP contribution is -2.28. The molecular weight excluding hydrogens is 300 g/mol. The Kier molecular flexibility index (Phi) is 2.90. The first-order valence-corrected chi connectivity index (χ1v) is 7.61. The minimum absolute atomic E-state index is 0.0574. The lowest BCUT2D eigenvalue weighted by Gasteiger charge is -2.15. The fraction of sp³-hybridized carbons (Fsp3) is 0.143. The van der Waals surface area contributed by atoms with Gasteiger partial charge in [-0.05, 0) is 12.1 Å². The van der Waals surface area contributed by atoms with E-state index in [1.54, 1.807) is 23.2 Å². The van der Waals surface area contributed by atoms with Crippen molar-refractivity contribution in [1.29, 1.82) is 0 Å². The largest absolute Gasteiger partial charge is 0.384 e. The molecule has 1 aliphatic rings. The average molecular weight is 312 g/mol. The maximum atomic E-state index is 12.4. The number of aromatic nitrogens is 4. The van der Waals surface area contributed by atoms with Crippen molar-refractivity contribution in [1.82, 2.24) is 24.5 Å². The average Bonchev–Trinajstić information content (AvgIpc) is 3.25. The van der Waals surface area contributed by atoms with Crippen molar-refractivity contribution in [2.45, 2.75) is 0 Å². The normalized spacial score (nSPS) is 14.1. The topological polar surface area (TPSA) is 89.4 Å². The van der Waals surface area contributed by atoms with Crippen LogP contribution in [0.1, 0.15) is 10.4 Å². The van der Waals surface area contributed by atoms with E-state index in [-0.39, 0.29) is 5.91 Å². The van der Waals surface area contributed by atoms with Gasteiger partial charge in [0, 0.05) is 30.2 Å². The van der Waals surface area contributed by atoms with Crippen LogP contribution < -0.4 is 5.73 Å². The molecule has 0 saturated heterocycles. The number of carbonyl (C=O) groups excluding carboxylic acids is 1. The Bertz CT molecular complexity index is 874. The van der Waals surface area contributed by atoms with Gasteiger partial charge in [-0.2, -0.15) is 4.52 Å². The summed E-state index contributed by atoms with van der Waals surface area (Å²) in [5, 5.41) is 6.93. The highest BCUT2D eigenvalue weighted by Gasteiger charge is 2.19. The lowest BCUT2D eigenvalue weighted by atomic mass is 10.2. The molecule has 3 aromatic rings. The fourth-order valence-corrected chi connectivity index (χ4v) is 2.95. The van der Waals surface area contributed by atoms with Crippen LogP contribution in [-0.2, 0) is 0 Å². The van der Waals surface area contributed by atoms with Crippen molar-refractivity contribution < 1.29 is 4.79 Å². The molecule has 0 aliphatic carbocycles. The third-order valence-corrected chi connectivity index (χ3v) is 4.21. The van der Waals surface area contributed by atoms with Crippen LogP contribution in [0.2, 0.25) is 0 Å². The zero-order valence-corrected chi connectivity index (χ0v) is 12.3. The molecule has 4 rings (SSSR count). The zero-order valence-electron chi connectivity index (χ0n) is 11.5. The molecular formula is C14H12N6OS. The van der Waals surface area contributed by atoms with E-state index in [1.165, 1.54) is 15.9 Å². The van der Waals surface area contributed by atoms with Crippen molar-refractivity contribution in [3.63, 3.8) is 0 Å². The number of pyridine rings is 1. The number of nitrogens with two attached hydrogens (primary N) is 1. The third-order valence-electron chi connectivity index (χ3n) is 3.44. The van der Waals surface area contributed by atoms with Gasteiger partial charge in [-0.3, -0.25) is 4.79 Å². The summed E-state index contributed by atoms with van der Waals surface area (Å²) >= 11 is 1.45. The van der Waals surface area contributed by atoms with Gasteiger partial charge in [-0.1, -0.05) is 12.2 Å². The number of anilines is 1. The van der Waals surface area contributed by atoms with E-state index >= 15 is 0 Å². The summed E-state index contributed by atoms with van der Waals surface area (Å²) in [5.41, 5.74) is 7.08.